The van der Waals surface area contributed by atoms with E-state index < -0.39 is 41.9 Å². The van der Waals surface area contributed by atoms with Gasteiger partial charge in [0.1, 0.15) is 5.75 Å². The zero-order chi connectivity index (χ0) is 13.9. The molecule has 1 aromatic heterocycles. The molecule has 0 saturated heterocycles. The SMILES string of the molecule is O=C(O)Cc1c(OC(F)(F)F)cc(F)nc1CCl. The molecule has 18 heavy (non-hydrogen) atoms. The van der Waals surface area contributed by atoms with Gasteiger partial charge in [-0.05, 0) is 0 Å². The minimum Gasteiger partial charge on any atom is -0.481 e. The molecule has 0 unspecified atom stereocenters. The number of carboxylic acid groups (broad SMARTS) is 1. The Morgan fingerprint density at radius 1 is 1.50 bits per heavy atom. The van der Waals surface area contributed by atoms with Crippen molar-refractivity contribution >= 4 is 17.6 Å². The Hall–Kier alpha value is -1.57. The van der Waals surface area contributed by atoms with Crippen LogP contribution in [0.15, 0.2) is 6.07 Å². The van der Waals surface area contributed by atoms with Gasteiger partial charge in [-0.1, -0.05) is 0 Å². The first-order valence-electron chi connectivity index (χ1n) is 4.44. The molecular weight excluding hydrogens is 282 g/mol. The molecule has 0 aliphatic heterocycles. The minimum absolute atomic E-state index is 0.307. The second-order valence-corrected chi connectivity index (χ2v) is 3.39. The number of carbonyl (C=O) groups is 1. The molecule has 0 aliphatic rings. The molecule has 0 aliphatic carbocycles. The number of nitrogens with zero attached hydrogens (tertiary/aromatic N) is 1. The third-order valence-corrected chi connectivity index (χ3v) is 2.07. The van der Waals surface area contributed by atoms with Gasteiger partial charge in [0.05, 0.1) is 18.0 Å². The van der Waals surface area contributed by atoms with Crippen LogP contribution in [0.2, 0.25) is 0 Å². The van der Waals surface area contributed by atoms with E-state index in [1.165, 1.54) is 0 Å². The maximum absolute atomic E-state index is 12.9. The highest BCUT2D eigenvalue weighted by molar-refractivity contribution is 6.17. The molecule has 0 saturated carbocycles. The Bertz CT molecular complexity index is 464. The van der Waals surface area contributed by atoms with Gasteiger partial charge in [0, 0.05) is 11.6 Å². The summed E-state index contributed by atoms with van der Waals surface area (Å²) in [4.78, 5) is 13.8. The monoisotopic (exact) mass is 287 g/mol. The fourth-order valence-corrected chi connectivity index (χ4v) is 1.45. The number of carboxylic acids is 1. The summed E-state index contributed by atoms with van der Waals surface area (Å²) < 4.78 is 52.7. The van der Waals surface area contributed by atoms with Crippen LogP contribution in [-0.2, 0) is 17.1 Å². The van der Waals surface area contributed by atoms with Gasteiger partial charge in [0.15, 0.2) is 0 Å². The molecule has 0 aromatic carbocycles. The van der Waals surface area contributed by atoms with E-state index in [0.29, 0.717) is 6.07 Å². The maximum atomic E-state index is 12.9. The van der Waals surface area contributed by atoms with Crippen LogP contribution in [0.25, 0.3) is 0 Å². The number of ether oxygens (including phenoxy) is 1. The van der Waals surface area contributed by atoms with Gasteiger partial charge in [-0.2, -0.15) is 4.39 Å². The largest absolute Gasteiger partial charge is 0.573 e. The van der Waals surface area contributed by atoms with Gasteiger partial charge in [0.25, 0.3) is 0 Å². The van der Waals surface area contributed by atoms with E-state index in [0.717, 1.165) is 0 Å². The lowest BCUT2D eigenvalue weighted by molar-refractivity contribution is -0.275. The Morgan fingerprint density at radius 3 is 2.56 bits per heavy atom. The van der Waals surface area contributed by atoms with Crippen LogP contribution in [0.5, 0.6) is 5.75 Å². The number of rotatable bonds is 4. The summed E-state index contributed by atoms with van der Waals surface area (Å²) in [5.74, 6) is -4.04. The summed E-state index contributed by atoms with van der Waals surface area (Å²) in [6.45, 7) is 0. The number of pyridine rings is 1. The van der Waals surface area contributed by atoms with Crippen molar-refractivity contribution in [3.8, 4) is 5.75 Å². The van der Waals surface area contributed by atoms with E-state index in [1.807, 2.05) is 0 Å². The third kappa shape index (κ3) is 4.02. The lowest BCUT2D eigenvalue weighted by Crippen LogP contribution is -2.20. The molecule has 1 aromatic rings. The molecule has 9 heteroatoms. The van der Waals surface area contributed by atoms with Gasteiger partial charge in [-0.25, -0.2) is 4.98 Å². The highest BCUT2D eigenvalue weighted by atomic mass is 35.5. The molecule has 0 radical (unpaired) electrons. The molecule has 1 N–H and O–H groups in total. The number of halogens is 5. The van der Waals surface area contributed by atoms with Crippen LogP contribution >= 0.6 is 11.6 Å². The van der Waals surface area contributed by atoms with Crippen molar-refractivity contribution in [2.45, 2.75) is 18.7 Å². The molecule has 0 atom stereocenters. The molecule has 0 fully saturated rings. The van der Waals surface area contributed by atoms with Gasteiger partial charge >= 0.3 is 12.3 Å². The number of aliphatic carboxylic acids is 1. The van der Waals surface area contributed by atoms with Crippen molar-refractivity contribution in [2.24, 2.45) is 0 Å². The lowest BCUT2D eigenvalue weighted by atomic mass is 10.1. The summed E-state index contributed by atoms with van der Waals surface area (Å²) >= 11 is 5.37. The Balaban J connectivity index is 3.27. The molecule has 4 nitrogen and oxygen atoms in total. The van der Waals surface area contributed by atoms with Crippen LogP contribution in [0.1, 0.15) is 11.3 Å². The van der Waals surface area contributed by atoms with Crippen LogP contribution < -0.4 is 4.74 Å². The van der Waals surface area contributed by atoms with Crippen molar-refractivity contribution in [1.29, 1.82) is 0 Å². The second kappa shape index (κ2) is 5.38. The van der Waals surface area contributed by atoms with Crippen molar-refractivity contribution in [3.05, 3.63) is 23.3 Å². The van der Waals surface area contributed by atoms with Crippen molar-refractivity contribution in [2.75, 3.05) is 0 Å². The molecule has 0 amide bonds. The van der Waals surface area contributed by atoms with E-state index in [2.05, 4.69) is 9.72 Å². The van der Waals surface area contributed by atoms with Crippen molar-refractivity contribution in [3.63, 3.8) is 0 Å². The van der Waals surface area contributed by atoms with Crippen LogP contribution in [-0.4, -0.2) is 22.4 Å². The summed E-state index contributed by atoms with van der Waals surface area (Å²) in [5, 5.41) is 8.58. The normalized spacial score (nSPS) is 11.4. The summed E-state index contributed by atoms with van der Waals surface area (Å²) in [5.41, 5.74) is -0.713. The maximum Gasteiger partial charge on any atom is 0.573 e. The minimum atomic E-state index is -5.06. The Morgan fingerprint density at radius 2 is 2.11 bits per heavy atom. The molecule has 100 valence electrons. The van der Waals surface area contributed by atoms with E-state index in [-0.39, 0.29) is 5.69 Å². The fourth-order valence-electron chi connectivity index (χ4n) is 1.23. The quantitative estimate of drug-likeness (QED) is 0.525. The van der Waals surface area contributed by atoms with Crippen LogP contribution in [0.3, 0.4) is 0 Å². The Kier molecular flexibility index (Phi) is 4.33. The van der Waals surface area contributed by atoms with E-state index in [4.69, 9.17) is 16.7 Å². The average Bonchev–Trinajstić information content (AvgIpc) is 2.18. The first kappa shape index (κ1) is 14.5. The number of hydrogen-bond acceptors (Lipinski definition) is 3. The molecule has 0 spiro atoms. The molecular formula is C9H6ClF4NO3. The molecule has 0 bridgehead atoms. The lowest BCUT2D eigenvalue weighted by Gasteiger charge is -2.14. The van der Waals surface area contributed by atoms with Crippen LogP contribution in [0.4, 0.5) is 17.6 Å². The van der Waals surface area contributed by atoms with Gasteiger partial charge in [0.2, 0.25) is 5.95 Å². The second-order valence-electron chi connectivity index (χ2n) is 3.12. The molecule has 1 heterocycles. The van der Waals surface area contributed by atoms with E-state index in [9.17, 15) is 22.4 Å². The van der Waals surface area contributed by atoms with Gasteiger partial charge < -0.3 is 9.84 Å². The predicted octanol–water partition coefficient (Wildman–Crippen LogP) is 2.49. The first-order valence-corrected chi connectivity index (χ1v) is 4.98. The smallest absolute Gasteiger partial charge is 0.481 e. The topological polar surface area (TPSA) is 59.4 Å². The Labute approximate surface area is 103 Å². The summed E-state index contributed by atoms with van der Waals surface area (Å²) in [6, 6.07) is 0.363. The molecule has 1 rings (SSSR count). The van der Waals surface area contributed by atoms with Crippen molar-refractivity contribution in [1.82, 2.24) is 4.98 Å². The highest BCUT2D eigenvalue weighted by Gasteiger charge is 2.33. The number of aromatic nitrogens is 1. The van der Waals surface area contributed by atoms with E-state index >= 15 is 0 Å². The zero-order valence-corrected chi connectivity index (χ0v) is 9.35. The summed E-state index contributed by atoms with van der Waals surface area (Å²) in [7, 11) is 0. The standard InChI is InChI=1S/C9H6ClF4NO3/c10-3-5-4(1-8(16)17)6(2-7(11)15-5)18-9(12,13)14/h2H,1,3H2,(H,16,17). The number of hydrogen-bond donors (Lipinski definition) is 1. The van der Waals surface area contributed by atoms with Gasteiger partial charge in [-0.3, -0.25) is 4.79 Å². The first-order chi connectivity index (χ1) is 8.23. The number of alkyl halides is 4. The van der Waals surface area contributed by atoms with Crippen LogP contribution in [0, 0.1) is 5.95 Å². The highest BCUT2D eigenvalue weighted by Crippen LogP contribution is 2.29. The average molecular weight is 288 g/mol. The third-order valence-electron chi connectivity index (χ3n) is 1.82. The van der Waals surface area contributed by atoms with Crippen molar-refractivity contribution < 1.29 is 32.2 Å². The van der Waals surface area contributed by atoms with Gasteiger partial charge in [-0.15, -0.1) is 24.8 Å². The summed E-state index contributed by atoms with van der Waals surface area (Å²) in [6.07, 6.45) is -5.87. The fraction of sp³-hybridized carbons (Fsp3) is 0.333. The predicted molar refractivity (Wildman–Crippen MR) is 51.8 cm³/mol. The van der Waals surface area contributed by atoms with E-state index in [1.54, 1.807) is 0 Å². The zero-order valence-electron chi connectivity index (χ0n) is 8.59.